The molecule has 0 saturated carbocycles. The summed E-state index contributed by atoms with van der Waals surface area (Å²) in [6.45, 7) is 0. The van der Waals surface area contributed by atoms with E-state index < -0.39 is 23.1 Å². The van der Waals surface area contributed by atoms with Crippen LogP contribution in [0, 0.1) is 17.1 Å². The van der Waals surface area contributed by atoms with E-state index in [0.29, 0.717) is 0 Å². The van der Waals surface area contributed by atoms with Crippen molar-refractivity contribution < 1.29 is 22.7 Å². The van der Waals surface area contributed by atoms with Crippen LogP contribution >= 0.6 is 0 Å². The number of nitriles is 1. The summed E-state index contributed by atoms with van der Waals surface area (Å²) in [5.41, 5.74) is -1.51. The molecule has 0 spiro atoms. The molecular weight excluding hydrogens is 288 g/mol. The molecule has 3 nitrogen and oxygen atoms in total. The number of phenols is 1. The van der Waals surface area contributed by atoms with Gasteiger partial charge in [0.15, 0.2) is 0 Å². The van der Waals surface area contributed by atoms with E-state index in [4.69, 9.17) is 5.26 Å². The van der Waals surface area contributed by atoms with Crippen molar-refractivity contribution in [1.82, 2.24) is 0 Å². The van der Waals surface area contributed by atoms with Crippen LogP contribution in [-0.4, -0.2) is 5.11 Å². The molecule has 0 atom stereocenters. The molecule has 0 aromatic heterocycles. The number of nitrogens with zero attached hydrogens (tertiary/aromatic N) is 1. The topological polar surface area (TPSA) is 56.0 Å². The van der Waals surface area contributed by atoms with Crippen molar-refractivity contribution >= 4 is 11.4 Å². The fourth-order valence-electron chi connectivity index (χ4n) is 1.73. The zero-order chi connectivity index (χ0) is 15.6. The Hall–Kier alpha value is -2.75. The summed E-state index contributed by atoms with van der Waals surface area (Å²) in [6, 6.07) is 7.40. The number of rotatable bonds is 2. The largest absolute Gasteiger partial charge is 0.506 e. The number of benzene rings is 2. The van der Waals surface area contributed by atoms with E-state index in [2.05, 4.69) is 5.32 Å². The maximum Gasteiger partial charge on any atom is 0.417 e. The van der Waals surface area contributed by atoms with E-state index in [9.17, 15) is 22.7 Å². The zero-order valence-corrected chi connectivity index (χ0v) is 10.4. The van der Waals surface area contributed by atoms with Crippen molar-refractivity contribution in [3.8, 4) is 11.8 Å². The van der Waals surface area contributed by atoms with E-state index in [1.807, 2.05) is 0 Å². The lowest BCUT2D eigenvalue weighted by Crippen LogP contribution is -2.08. The molecule has 2 aromatic rings. The second kappa shape index (κ2) is 5.32. The first-order chi connectivity index (χ1) is 9.81. The summed E-state index contributed by atoms with van der Waals surface area (Å²) in [4.78, 5) is 0. The van der Waals surface area contributed by atoms with Gasteiger partial charge in [0.1, 0.15) is 11.6 Å². The van der Waals surface area contributed by atoms with Crippen molar-refractivity contribution in [1.29, 1.82) is 5.26 Å². The smallest absolute Gasteiger partial charge is 0.417 e. The Bertz CT molecular complexity index is 720. The molecular formula is C14H8F4N2O. The Balaban J connectivity index is 2.39. The molecule has 108 valence electrons. The highest BCUT2D eigenvalue weighted by atomic mass is 19.4. The van der Waals surface area contributed by atoms with Crippen molar-refractivity contribution in [3.63, 3.8) is 0 Å². The Morgan fingerprint density at radius 2 is 1.81 bits per heavy atom. The minimum Gasteiger partial charge on any atom is -0.506 e. The third-order valence-corrected chi connectivity index (χ3v) is 2.68. The van der Waals surface area contributed by atoms with Crippen molar-refractivity contribution in [2.75, 3.05) is 5.32 Å². The fraction of sp³-hybridized carbons (Fsp3) is 0.0714. The Labute approximate surface area is 117 Å². The molecule has 0 amide bonds. The molecule has 0 unspecified atom stereocenters. The summed E-state index contributed by atoms with van der Waals surface area (Å²) in [6.07, 6.45) is -4.63. The molecule has 2 aromatic carbocycles. The third-order valence-electron chi connectivity index (χ3n) is 2.68. The summed E-state index contributed by atoms with van der Waals surface area (Å²) in [7, 11) is 0. The maximum atomic E-state index is 13.1. The molecule has 0 aliphatic rings. The van der Waals surface area contributed by atoms with E-state index >= 15 is 0 Å². The van der Waals surface area contributed by atoms with Crippen LogP contribution in [-0.2, 0) is 6.18 Å². The Kier molecular flexibility index (Phi) is 3.72. The molecule has 2 N–H and O–H groups in total. The lowest BCUT2D eigenvalue weighted by molar-refractivity contribution is -0.137. The van der Waals surface area contributed by atoms with E-state index in [-0.39, 0.29) is 17.1 Å². The van der Waals surface area contributed by atoms with Crippen LogP contribution in [0.4, 0.5) is 28.9 Å². The number of hydrogen-bond acceptors (Lipinski definition) is 3. The average molecular weight is 296 g/mol. The predicted molar refractivity (Wildman–Crippen MR) is 67.5 cm³/mol. The molecule has 2 rings (SSSR count). The number of anilines is 2. The van der Waals surface area contributed by atoms with Crippen LogP contribution in [0.2, 0.25) is 0 Å². The molecule has 7 heteroatoms. The average Bonchev–Trinajstić information content (AvgIpc) is 2.41. The molecule has 21 heavy (non-hydrogen) atoms. The van der Waals surface area contributed by atoms with Crippen LogP contribution in [0.1, 0.15) is 11.1 Å². The molecule has 0 aliphatic heterocycles. The van der Waals surface area contributed by atoms with Gasteiger partial charge in [0.05, 0.1) is 22.9 Å². The lowest BCUT2D eigenvalue weighted by atomic mass is 10.1. The standard InChI is InChI=1S/C14H8F4N2O/c15-9-1-4-13(21)12(6-9)20-10-2-3-11(14(16,17)18)8(5-10)7-19/h1-6,20-21H. The number of aromatic hydroxyl groups is 1. The monoisotopic (exact) mass is 296 g/mol. The van der Waals surface area contributed by atoms with Gasteiger partial charge in [-0.1, -0.05) is 0 Å². The highest BCUT2D eigenvalue weighted by Crippen LogP contribution is 2.34. The molecule has 0 bridgehead atoms. The van der Waals surface area contributed by atoms with E-state index in [1.54, 1.807) is 0 Å². The first-order valence-corrected chi connectivity index (χ1v) is 5.68. The van der Waals surface area contributed by atoms with Gasteiger partial charge in [-0.15, -0.1) is 0 Å². The minimum absolute atomic E-state index is 0.0151. The molecule has 0 radical (unpaired) electrons. The Morgan fingerprint density at radius 1 is 1.10 bits per heavy atom. The molecule has 0 heterocycles. The highest BCUT2D eigenvalue weighted by molar-refractivity contribution is 5.67. The van der Waals surface area contributed by atoms with Gasteiger partial charge in [-0.25, -0.2) is 4.39 Å². The van der Waals surface area contributed by atoms with Crippen molar-refractivity contribution in [2.45, 2.75) is 6.18 Å². The van der Waals surface area contributed by atoms with Gasteiger partial charge in [0.25, 0.3) is 0 Å². The molecule has 0 aliphatic carbocycles. The number of hydrogen-bond donors (Lipinski definition) is 2. The quantitative estimate of drug-likeness (QED) is 0.646. The second-order valence-corrected chi connectivity index (χ2v) is 4.16. The molecule has 0 saturated heterocycles. The number of nitrogens with one attached hydrogen (secondary N) is 1. The third kappa shape index (κ3) is 3.23. The summed E-state index contributed by atoms with van der Waals surface area (Å²) < 4.78 is 51.0. The molecule has 0 fully saturated rings. The van der Waals surface area contributed by atoms with Gasteiger partial charge in [-0.05, 0) is 30.3 Å². The van der Waals surface area contributed by atoms with Gasteiger partial charge in [0, 0.05) is 11.8 Å². The second-order valence-electron chi connectivity index (χ2n) is 4.16. The van der Waals surface area contributed by atoms with Gasteiger partial charge in [-0.3, -0.25) is 0 Å². The maximum absolute atomic E-state index is 13.1. The van der Waals surface area contributed by atoms with Crippen LogP contribution in [0.3, 0.4) is 0 Å². The predicted octanol–water partition coefficient (Wildman–Crippen LogP) is 4.17. The SMILES string of the molecule is N#Cc1cc(Nc2cc(F)ccc2O)ccc1C(F)(F)F. The van der Waals surface area contributed by atoms with Crippen molar-refractivity contribution in [2.24, 2.45) is 0 Å². The zero-order valence-electron chi connectivity index (χ0n) is 10.4. The van der Waals surface area contributed by atoms with Crippen molar-refractivity contribution in [3.05, 3.63) is 53.3 Å². The van der Waals surface area contributed by atoms with Gasteiger partial charge in [-0.2, -0.15) is 18.4 Å². The summed E-state index contributed by atoms with van der Waals surface area (Å²) in [5.74, 6) is -0.891. The van der Waals surface area contributed by atoms with Gasteiger partial charge in [0.2, 0.25) is 0 Å². The fourth-order valence-corrected chi connectivity index (χ4v) is 1.73. The number of halogens is 4. The number of alkyl halides is 3. The van der Waals surface area contributed by atoms with E-state index in [0.717, 1.165) is 36.4 Å². The Morgan fingerprint density at radius 3 is 2.43 bits per heavy atom. The van der Waals surface area contributed by atoms with Gasteiger partial charge >= 0.3 is 6.18 Å². The summed E-state index contributed by atoms with van der Waals surface area (Å²) in [5, 5.41) is 20.9. The first-order valence-electron chi connectivity index (χ1n) is 5.68. The van der Waals surface area contributed by atoms with Crippen LogP contribution in [0.15, 0.2) is 36.4 Å². The van der Waals surface area contributed by atoms with Crippen LogP contribution in [0.25, 0.3) is 0 Å². The van der Waals surface area contributed by atoms with Crippen LogP contribution in [0.5, 0.6) is 5.75 Å². The normalized spacial score (nSPS) is 11.0. The highest BCUT2D eigenvalue weighted by Gasteiger charge is 2.33. The summed E-state index contributed by atoms with van der Waals surface area (Å²) >= 11 is 0. The van der Waals surface area contributed by atoms with Gasteiger partial charge < -0.3 is 10.4 Å². The van der Waals surface area contributed by atoms with E-state index in [1.165, 1.54) is 6.07 Å². The first kappa shape index (κ1) is 14.7. The number of phenolic OH excluding ortho intramolecular Hbond substituents is 1. The van der Waals surface area contributed by atoms with Crippen LogP contribution < -0.4 is 5.32 Å². The lowest BCUT2D eigenvalue weighted by Gasteiger charge is -2.12. The minimum atomic E-state index is -4.63.